The molecule has 0 saturated carbocycles. The molecule has 78 heavy (non-hydrogen) atoms. The summed E-state index contributed by atoms with van der Waals surface area (Å²) in [5, 5.41) is 0. The smallest absolute Gasteiger partial charge is 2.00 e. The van der Waals surface area contributed by atoms with Gasteiger partial charge in [0.1, 0.15) is 0 Å². The van der Waals surface area contributed by atoms with E-state index in [0.29, 0.717) is 0 Å². The third-order valence-corrected chi connectivity index (χ3v) is 0. The molecule has 78 heteroatoms. The maximum Gasteiger partial charge on any atom is 3.00 e. The Hall–Kier alpha value is 5.83. The summed E-state index contributed by atoms with van der Waals surface area (Å²) in [6.45, 7) is 0. The molecule has 0 rings (SSSR count). The third kappa shape index (κ3) is 15700. The van der Waals surface area contributed by atoms with Crippen molar-refractivity contribution in [2.75, 3.05) is 0 Å². The van der Waals surface area contributed by atoms with Crippen LogP contribution in [0.2, 0.25) is 0 Å². The van der Waals surface area contributed by atoms with Crippen molar-refractivity contribution in [1.29, 1.82) is 0 Å². The predicted molar refractivity (Wildman–Crippen MR) is 42.6 cm³/mol. The topological polar surface area (TPSA) is 1770 Å². The quantitative estimate of drug-likeness (QED) is 0.204. The van der Waals surface area contributed by atoms with E-state index in [-0.39, 0.29) is 613 Å². The first-order valence-electron chi connectivity index (χ1n) is 0. The average Bonchev–Trinajstić information content (AvgIpc) is 0. The van der Waals surface area contributed by atoms with E-state index in [1.165, 1.54) is 0 Å². The fourth-order valence-corrected chi connectivity index (χ4v) is 0. The first-order chi connectivity index (χ1) is 0. The second kappa shape index (κ2) is 16300. The van der Waals surface area contributed by atoms with Crippen molar-refractivity contribution in [3.8, 4) is 0 Å². The van der Waals surface area contributed by atoms with E-state index in [1.54, 1.807) is 0 Å². The van der Waals surface area contributed by atoms with Crippen LogP contribution in [-0.4, -0.2) is 0 Å². The molecular weight excluding hydrogens is 1890 g/mol. The van der Waals surface area contributed by atoms with E-state index in [0.717, 1.165) is 0 Å². The van der Waals surface area contributed by atoms with Crippen LogP contribution < -0.4 is 0 Å². The molecule has 0 saturated heterocycles. The molecule has 16 radical (unpaired) electrons. The molecular formula is Fe16O62-76. The molecule has 0 fully saturated rings. The van der Waals surface area contributed by atoms with Gasteiger partial charge in [-0.05, 0) is 0 Å². The second-order valence-corrected chi connectivity index (χ2v) is 0. The van der Waals surface area contributed by atoms with Crippen LogP contribution >= 0.6 is 0 Å². The van der Waals surface area contributed by atoms with Gasteiger partial charge in [0.25, 0.3) is 0 Å². The SMILES string of the molecule is [Fe+3].[Fe+3].[Fe+3].[Fe+3].[Fe+3].[Fe+3].[Fe+3].[Fe+3].[Fe+3].[Fe+3].[Fe+3].[Fe+3].[Fe+3].[Fe+3].[Fe+3].[Fe+3].[O-2].[O-2].[O-2].[O-2].[O-2].[O-2].[O-2].[O-2].[O-2].[O-2].[O-2].[O-2].[O-2].[O-2].[O-2].[O-2].[O-2].[O-2].[O-2].[O-2].[O-2].[O-2].[O-2].[O-2].[O-2].[O-2].[O-2].[O-2].[O-2].[O-2].[O-2].[O-2].[O-2].[O-2].[O-2].[O-2].[O-2].[O-2].[O-2].[O-2].[O-2].[O-2].[O-2].[O-2].[O-2].[O-2].[O-2].[O-2].[O-2].[O-2].[O-2].[O-2].[O-2].[O-2].[O-2].[O-2].[O-2].[O-2].[O-2].[O-2].[O-2].[O-2]. The number of hydrogen-bond acceptors (Lipinski definition) is 0. The zero-order valence-corrected chi connectivity index (χ0v) is 48.6. The molecule has 0 aliphatic carbocycles. The summed E-state index contributed by atoms with van der Waals surface area (Å²) in [6.07, 6.45) is 0. The van der Waals surface area contributed by atoms with E-state index in [4.69, 9.17) is 0 Å². The Balaban J connectivity index is 0. The molecule has 0 aromatic carbocycles. The molecule has 0 aliphatic rings. The molecule has 0 aliphatic heterocycles. The first-order valence-corrected chi connectivity index (χ1v) is 0. The molecule has 0 N–H and O–H groups in total. The maximum atomic E-state index is 0. The molecule has 0 unspecified atom stereocenters. The third-order valence-electron chi connectivity index (χ3n) is 0. The average molecular weight is 1890 g/mol. The van der Waals surface area contributed by atoms with E-state index in [2.05, 4.69) is 0 Å². The van der Waals surface area contributed by atoms with Crippen molar-refractivity contribution in [3.05, 3.63) is 0 Å². The van der Waals surface area contributed by atoms with Crippen LogP contribution in [0.4, 0.5) is 0 Å². The Labute approximate surface area is 607 Å². The maximum absolute atomic E-state index is 0. The van der Waals surface area contributed by atoms with Gasteiger partial charge in [-0.25, -0.2) is 0 Å². The summed E-state index contributed by atoms with van der Waals surface area (Å²) in [5.41, 5.74) is 0. The van der Waals surface area contributed by atoms with Gasteiger partial charge >= 0.3 is 273 Å². The van der Waals surface area contributed by atoms with Gasteiger partial charge < -0.3 is 340 Å². The fourth-order valence-electron chi connectivity index (χ4n) is 0. The number of rotatable bonds is 0. The minimum atomic E-state index is 0. The first kappa shape index (κ1) is 16900. The van der Waals surface area contributed by atoms with Gasteiger partial charge in [-0.1, -0.05) is 0 Å². The van der Waals surface area contributed by atoms with Crippen molar-refractivity contribution in [2.24, 2.45) is 0 Å². The summed E-state index contributed by atoms with van der Waals surface area (Å²) in [5.74, 6) is 0. The zero-order chi connectivity index (χ0) is 0. The van der Waals surface area contributed by atoms with E-state index < -0.39 is 0 Å². The second-order valence-electron chi connectivity index (χ2n) is 0. The summed E-state index contributed by atoms with van der Waals surface area (Å²) < 4.78 is 0. The zero-order valence-electron chi connectivity index (χ0n) is 31.0. The molecule has 62 nitrogen and oxygen atoms in total. The van der Waals surface area contributed by atoms with Crippen molar-refractivity contribution in [1.82, 2.24) is 0 Å². The van der Waals surface area contributed by atoms with Crippen LogP contribution in [0.15, 0.2) is 0 Å². The monoisotopic (exact) mass is 1890 g/mol. The van der Waals surface area contributed by atoms with Crippen molar-refractivity contribution in [2.45, 2.75) is 0 Å². The molecule has 0 amide bonds. The van der Waals surface area contributed by atoms with Crippen LogP contribution in [0.5, 0.6) is 0 Å². The summed E-state index contributed by atoms with van der Waals surface area (Å²) in [4.78, 5) is 0. The Morgan fingerprint density at radius 1 is 0.0256 bits per heavy atom. The van der Waals surface area contributed by atoms with Crippen LogP contribution in [0.1, 0.15) is 0 Å². The van der Waals surface area contributed by atoms with Gasteiger partial charge in [-0.15, -0.1) is 0 Å². The Morgan fingerprint density at radius 3 is 0.0256 bits per heavy atom. The molecule has 0 spiro atoms. The van der Waals surface area contributed by atoms with Crippen LogP contribution in [0.3, 0.4) is 0 Å². The molecule has 0 heterocycles. The van der Waals surface area contributed by atoms with E-state index in [9.17, 15) is 0 Å². The van der Waals surface area contributed by atoms with Crippen LogP contribution in [0.25, 0.3) is 0 Å². The molecule has 0 bridgehead atoms. The van der Waals surface area contributed by atoms with Gasteiger partial charge in [0, 0.05) is 0 Å². The minimum absolute atomic E-state index is 0. The van der Waals surface area contributed by atoms with Crippen LogP contribution in [-0.2, 0) is 613 Å². The fraction of sp³-hybridized carbons (Fsp3) is 0. The Morgan fingerprint density at radius 2 is 0.0256 bits per heavy atom. The largest absolute Gasteiger partial charge is 3.00 e. The predicted octanol–water partition coefficient (Wildman–Crippen LogP) is -7.41. The van der Waals surface area contributed by atoms with Gasteiger partial charge in [0.05, 0.1) is 0 Å². The summed E-state index contributed by atoms with van der Waals surface area (Å²) in [7, 11) is 0. The van der Waals surface area contributed by atoms with Gasteiger partial charge in [0.15, 0.2) is 0 Å². The number of hydrogen-bond donors (Lipinski definition) is 0. The van der Waals surface area contributed by atoms with E-state index in [1.807, 2.05) is 0 Å². The molecule has 0 atom stereocenters. The molecule has 576 valence electrons. The molecule has 0 aromatic heterocycles. The summed E-state index contributed by atoms with van der Waals surface area (Å²) in [6, 6.07) is 0. The van der Waals surface area contributed by atoms with Crippen molar-refractivity contribution < 1.29 is 613 Å². The standard InChI is InChI=1S/16Fe.62O/q16*+3;62*-2. The van der Waals surface area contributed by atoms with Gasteiger partial charge in [-0.2, -0.15) is 0 Å². The normalized spacial score (nSPS) is 0. The van der Waals surface area contributed by atoms with E-state index >= 15 is 0 Å². The van der Waals surface area contributed by atoms with Crippen molar-refractivity contribution in [3.63, 3.8) is 0 Å². The van der Waals surface area contributed by atoms with Crippen LogP contribution in [0, 0.1) is 0 Å². The summed E-state index contributed by atoms with van der Waals surface area (Å²) >= 11 is 0. The Kier molecular flexibility index (Phi) is 3540000. The Bertz CT molecular complexity index is 57.1. The molecule has 0 aromatic rings. The van der Waals surface area contributed by atoms with Crippen molar-refractivity contribution >= 4 is 0 Å². The minimum Gasteiger partial charge on any atom is -2.00 e. The van der Waals surface area contributed by atoms with Gasteiger partial charge in [0.2, 0.25) is 0 Å². The van der Waals surface area contributed by atoms with Gasteiger partial charge in [-0.3, -0.25) is 0 Å².